The Bertz CT molecular complexity index is 372. The van der Waals surface area contributed by atoms with Gasteiger partial charge in [0.05, 0.1) is 12.1 Å². The summed E-state index contributed by atoms with van der Waals surface area (Å²) in [5.74, 6) is 0.724. The molecule has 0 aliphatic rings. The Hall–Kier alpha value is -1.02. The number of hydrogen-bond donors (Lipinski definition) is 0. The predicted molar refractivity (Wildman–Crippen MR) is 61.8 cm³/mol. The van der Waals surface area contributed by atoms with Crippen molar-refractivity contribution in [1.29, 1.82) is 0 Å². The van der Waals surface area contributed by atoms with Crippen molar-refractivity contribution in [3.8, 4) is 5.75 Å². The van der Waals surface area contributed by atoms with E-state index in [1.54, 1.807) is 14.0 Å². The molecule has 1 aromatic carbocycles. The van der Waals surface area contributed by atoms with Crippen molar-refractivity contribution in [2.75, 3.05) is 7.11 Å². The van der Waals surface area contributed by atoms with Crippen LogP contribution in [0.3, 0.4) is 0 Å². The number of ketones is 1. The third-order valence-electron chi connectivity index (χ3n) is 2.23. The summed E-state index contributed by atoms with van der Waals surface area (Å²) in [6, 6.07) is 3.86. The monoisotopic (exact) mass is 226 g/mol. The zero-order chi connectivity index (χ0) is 11.4. The fourth-order valence-corrected chi connectivity index (χ4v) is 1.88. The number of ether oxygens (including phenoxy) is 1. The van der Waals surface area contributed by atoms with Crippen LogP contribution in [0.5, 0.6) is 5.75 Å². The zero-order valence-electron chi connectivity index (χ0n) is 9.26. The molecule has 0 fully saturated rings. The fourth-order valence-electron chi connectivity index (χ4n) is 1.54. The van der Waals surface area contributed by atoms with Gasteiger partial charge in [-0.2, -0.15) is 0 Å². The Labute approximate surface area is 95.2 Å². The van der Waals surface area contributed by atoms with Gasteiger partial charge in [0.1, 0.15) is 11.5 Å². The number of Topliss-reactive ketones (excluding diaryl/α,β-unsaturated/α-hetero) is 1. The molecule has 0 bridgehead atoms. The van der Waals surface area contributed by atoms with E-state index in [-0.39, 0.29) is 5.78 Å². The molecule has 0 amide bonds. The van der Waals surface area contributed by atoms with Crippen LogP contribution in [-0.2, 0) is 17.6 Å². The van der Waals surface area contributed by atoms with E-state index in [4.69, 9.17) is 16.3 Å². The lowest BCUT2D eigenvalue weighted by atomic mass is 10.0. The largest absolute Gasteiger partial charge is 0.495 e. The minimum atomic E-state index is 0.109. The summed E-state index contributed by atoms with van der Waals surface area (Å²) in [6.45, 7) is 3.61. The molecule has 0 saturated heterocycles. The van der Waals surface area contributed by atoms with E-state index in [0.29, 0.717) is 17.2 Å². The van der Waals surface area contributed by atoms with Gasteiger partial charge in [-0.15, -0.1) is 0 Å². The SMILES string of the molecule is CCc1cc(Cl)c(OC)c(CC(C)=O)c1. The number of carbonyl (C=O) groups is 1. The van der Waals surface area contributed by atoms with Crippen molar-refractivity contribution in [3.63, 3.8) is 0 Å². The number of halogens is 1. The maximum atomic E-state index is 11.1. The van der Waals surface area contributed by atoms with Gasteiger partial charge in [-0.1, -0.05) is 24.6 Å². The smallest absolute Gasteiger partial charge is 0.141 e. The summed E-state index contributed by atoms with van der Waals surface area (Å²) >= 11 is 6.06. The average Bonchev–Trinajstić information content (AvgIpc) is 2.16. The topological polar surface area (TPSA) is 26.3 Å². The van der Waals surface area contributed by atoms with Gasteiger partial charge < -0.3 is 4.74 Å². The van der Waals surface area contributed by atoms with Crippen molar-refractivity contribution in [1.82, 2.24) is 0 Å². The Morgan fingerprint density at radius 2 is 2.13 bits per heavy atom. The second-order valence-electron chi connectivity index (χ2n) is 3.50. The molecule has 0 N–H and O–H groups in total. The summed E-state index contributed by atoms with van der Waals surface area (Å²) in [7, 11) is 1.57. The van der Waals surface area contributed by atoms with Crippen LogP contribution in [0.1, 0.15) is 25.0 Å². The Morgan fingerprint density at radius 3 is 2.60 bits per heavy atom. The lowest BCUT2D eigenvalue weighted by Crippen LogP contribution is -2.01. The lowest BCUT2D eigenvalue weighted by molar-refractivity contribution is -0.116. The highest BCUT2D eigenvalue weighted by molar-refractivity contribution is 6.32. The molecule has 0 heterocycles. The summed E-state index contributed by atoms with van der Waals surface area (Å²) in [6.07, 6.45) is 1.27. The van der Waals surface area contributed by atoms with Gasteiger partial charge in [0, 0.05) is 12.0 Å². The highest BCUT2D eigenvalue weighted by atomic mass is 35.5. The van der Waals surface area contributed by atoms with E-state index in [1.807, 2.05) is 12.1 Å². The molecule has 0 aromatic heterocycles. The van der Waals surface area contributed by atoms with E-state index >= 15 is 0 Å². The third-order valence-corrected chi connectivity index (χ3v) is 2.51. The van der Waals surface area contributed by atoms with Crippen molar-refractivity contribution >= 4 is 17.4 Å². The van der Waals surface area contributed by atoms with Crippen LogP contribution < -0.4 is 4.74 Å². The van der Waals surface area contributed by atoms with Crippen LogP contribution in [-0.4, -0.2) is 12.9 Å². The van der Waals surface area contributed by atoms with Crippen LogP contribution in [0.25, 0.3) is 0 Å². The molecule has 0 aliphatic heterocycles. The first-order chi connectivity index (χ1) is 7.08. The number of aryl methyl sites for hydroxylation is 1. The maximum Gasteiger partial charge on any atom is 0.141 e. The van der Waals surface area contributed by atoms with Crippen LogP contribution in [0.4, 0.5) is 0 Å². The first-order valence-corrected chi connectivity index (χ1v) is 5.31. The second kappa shape index (κ2) is 5.17. The van der Waals surface area contributed by atoms with Crippen molar-refractivity contribution in [2.45, 2.75) is 26.7 Å². The molecule has 82 valence electrons. The predicted octanol–water partition coefficient (Wildman–Crippen LogP) is 3.04. The molecule has 1 rings (SSSR count). The summed E-state index contributed by atoms with van der Waals surface area (Å²) < 4.78 is 5.19. The van der Waals surface area contributed by atoms with Gasteiger partial charge >= 0.3 is 0 Å². The molecule has 0 radical (unpaired) electrons. The van der Waals surface area contributed by atoms with Crippen LogP contribution in [0.2, 0.25) is 5.02 Å². The fraction of sp³-hybridized carbons (Fsp3) is 0.417. The Morgan fingerprint density at radius 1 is 1.47 bits per heavy atom. The molecule has 15 heavy (non-hydrogen) atoms. The summed E-state index contributed by atoms with van der Waals surface area (Å²) in [5, 5.41) is 0.577. The number of methoxy groups -OCH3 is 1. The van der Waals surface area contributed by atoms with Gasteiger partial charge in [0.25, 0.3) is 0 Å². The van der Waals surface area contributed by atoms with Crippen LogP contribution >= 0.6 is 11.6 Å². The van der Waals surface area contributed by atoms with Gasteiger partial charge in [0.2, 0.25) is 0 Å². The van der Waals surface area contributed by atoms with E-state index in [0.717, 1.165) is 17.5 Å². The third kappa shape index (κ3) is 2.96. The summed E-state index contributed by atoms with van der Waals surface area (Å²) in [4.78, 5) is 11.1. The number of hydrogen-bond acceptors (Lipinski definition) is 2. The first-order valence-electron chi connectivity index (χ1n) is 4.93. The van der Waals surface area contributed by atoms with Crippen LogP contribution in [0.15, 0.2) is 12.1 Å². The molecule has 0 unspecified atom stereocenters. The van der Waals surface area contributed by atoms with Crippen LogP contribution in [0, 0.1) is 0 Å². The van der Waals surface area contributed by atoms with Crippen molar-refractivity contribution < 1.29 is 9.53 Å². The highest BCUT2D eigenvalue weighted by Gasteiger charge is 2.11. The quantitative estimate of drug-likeness (QED) is 0.789. The Balaban J connectivity index is 3.19. The van der Waals surface area contributed by atoms with Crippen molar-refractivity contribution in [2.24, 2.45) is 0 Å². The first kappa shape index (κ1) is 12.1. The maximum absolute atomic E-state index is 11.1. The molecule has 0 spiro atoms. The Kier molecular flexibility index (Phi) is 4.15. The molecular weight excluding hydrogens is 212 g/mol. The number of rotatable bonds is 4. The molecule has 1 aromatic rings. The molecular formula is C12H15ClO2. The van der Waals surface area contributed by atoms with E-state index in [9.17, 15) is 4.79 Å². The van der Waals surface area contributed by atoms with Crippen molar-refractivity contribution in [3.05, 3.63) is 28.3 Å². The second-order valence-corrected chi connectivity index (χ2v) is 3.91. The molecule has 0 atom stereocenters. The van der Waals surface area contributed by atoms with E-state index < -0.39 is 0 Å². The minimum absolute atomic E-state index is 0.109. The zero-order valence-corrected chi connectivity index (χ0v) is 10.0. The van der Waals surface area contributed by atoms with Gasteiger partial charge in [-0.25, -0.2) is 0 Å². The molecule has 0 aliphatic carbocycles. The minimum Gasteiger partial charge on any atom is -0.495 e. The van der Waals surface area contributed by atoms with Gasteiger partial charge in [0.15, 0.2) is 0 Å². The normalized spacial score (nSPS) is 10.1. The number of carbonyl (C=O) groups excluding carboxylic acids is 1. The standard InChI is InChI=1S/C12H15ClO2/c1-4-9-6-10(5-8(2)14)12(15-3)11(13)7-9/h6-7H,4-5H2,1-3H3. The molecule has 3 heteroatoms. The van der Waals surface area contributed by atoms with Gasteiger partial charge in [-0.05, 0) is 25.0 Å². The van der Waals surface area contributed by atoms with E-state index in [1.165, 1.54) is 0 Å². The average molecular weight is 227 g/mol. The lowest BCUT2D eigenvalue weighted by Gasteiger charge is -2.11. The molecule has 0 saturated carbocycles. The van der Waals surface area contributed by atoms with Gasteiger partial charge in [-0.3, -0.25) is 4.79 Å². The summed E-state index contributed by atoms with van der Waals surface area (Å²) in [5.41, 5.74) is 1.99. The highest BCUT2D eigenvalue weighted by Crippen LogP contribution is 2.30. The number of benzene rings is 1. The molecule has 2 nitrogen and oxygen atoms in total. The van der Waals surface area contributed by atoms with E-state index in [2.05, 4.69) is 6.92 Å².